The van der Waals surface area contributed by atoms with Gasteiger partial charge in [0.1, 0.15) is 16.4 Å². The van der Waals surface area contributed by atoms with Crippen molar-refractivity contribution in [2.75, 3.05) is 18.2 Å². The van der Waals surface area contributed by atoms with Crippen LogP contribution in [-0.4, -0.2) is 13.0 Å². The molecule has 6 heteroatoms. The number of thiophene rings is 1. The number of nitrogens with two attached hydrogens (primary N) is 1. The first-order valence-corrected chi connectivity index (χ1v) is 5.97. The third kappa shape index (κ3) is 2.43. The van der Waals surface area contributed by atoms with Gasteiger partial charge in [-0.2, -0.15) is 0 Å². The van der Waals surface area contributed by atoms with Gasteiger partial charge in [0.25, 0.3) is 5.91 Å². The first-order chi connectivity index (χ1) is 8.61. The van der Waals surface area contributed by atoms with Gasteiger partial charge < -0.3 is 15.8 Å². The maximum absolute atomic E-state index is 13.5. The van der Waals surface area contributed by atoms with Gasteiger partial charge in [-0.25, -0.2) is 4.39 Å². The summed E-state index contributed by atoms with van der Waals surface area (Å²) in [5.41, 5.74) is 6.06. The Morgan fingerprint density at radius 2 is 2.22 bits per heavy atom. The Kier molecular flexibility index (Phi) is 3.47. The van der Waals surface area contributed by atoms with Crippen LogP contribution in [0, 0.1) is 5.82 Å². The fourth-order valence-corrected chi connectivity index (χ4v) is 2.12. The zero-order valence-electron chi connectivity index (χ0n) is 9.57. The summed E-state index contributed by atoms with van der Waals surface area (Å²) in [5.74, 6) is -0.500. The summed E-state index contributed by atoms with van der Waals surface area (Å²) in [5, 5.41) is 4.17. The number of carbonyl (C=O) groups is 1. The van der Waals surface area contributed by atoms with E-state index in [0.29, 0.717) is 16.3 Å². The summed E-state index contributed by atoms with van der Waals surface area (Å²) < 4.78 is 18.5. The Bertz CT molecular complexity index is 583. The van der Waals surface area contributed by atoms with Crippen LogP contribution >= 0.6 is 11.3 Å². The van der Waals surface area contributed by atoms with Crippen LogP contribution in [0.15, 0.2) is 29.6 Å². The first kappa shape index (κ1) is 12.4. The smallest absolute Gasteiger partial charge is 0.267 e. The predicted octanol–water partition coefficient (Wildman–Crippen LogP) is 2.73. The van der Waals surface area contributed by atoms with E-state index in [2.05, 4.69) is 5.32 Å². The quantitative estimate of drug-likeness (QED) is 0.897. The van der Waals surface area contributed by atoms with Gasteiger partial charge in [-0.05, 0) is 23.6 Å². The molecule has 0 bridgehead atoms. The molecule has 94 valence electrons. The second-order valence-electron chi connectivity index (χ2n) is 3.50. The van der Waals surface area contributed by atoms with Crippen molar-refractivity contribution in [1.29, 1.82) is 0 Å². The van der Waals surface area contributed by atoms with Crippen LogP contribution in [0.5, 0.6) is 5.75 Å². The van der Waals surface area contributed by atoms with E-state index >= 15 is 0 Å². The molecule has 1 aromatic carbocycles. The monoisotopic (exact) mass is 266 g/mol. The molecule has 4 nitrogen and oxygen atoms in total. The molecule has 1 heterocycles. The van der Waals surface area contributed by atoms with Gasteiger partial charge in [-0.1, -0.05) is 0 Å². The van der Waals surface area contributed by atoms with Crippen molar-refractivity contribution >= 4 is 28.6 Å². The van der Waals surface area contributed by atoms with Crippen LogP contribution in [0.2, 0.25) is 0 Å². The normalized spacial score (nSPS) is 10.1. The molecule has 3 N–H and O–H groups in total. The zero-order valence-corrected chi connectivity index (χ0v) is 10.4. The molecule has 0 fully saturated rings. The Hall–Kier alpha value is -2.08. The van der Waals surface area contributed by atoms with E-state index in [1.165, 1.54) is 36.6 Å². The summed E-state index contributed by atoms with van der Waals surface area (Å²) >= 11 is 1.20. The number of methoxy groups -OCH3 is 1. The summed E-state index contributed by atoms with van der Waals surface area (Å²) in [7, 11) is 1.47. The minimum atomic E-state index is -0.528. The van der Waals surface area contributed by atoms with Crippen molar-refractivity contribution in [3.05, 3.63) is 40.3 Å². The van der Waals surface area contributed by atoms with E-state index in [-0.39, 0.29) is 5.69 Å². The van der Waals surface area contributed by atoms with E-state index in [9.17, 15) is 9.18 Å². The summed E-state index contributed by atoms with van der Waals surface area (Å²) in [6.45, 7) is 0. The van der Waals surface area contributed by atoms with E-state index in [0.717, 1.165) is 0 Å². The van der Waals surface area contributed by atoms with E-state index in [1.54, 1.807) is 11.4 Å². The minimum Gasteiger partial charge on any atom is -0.497 e. The number of ether oxygens (including phenoxy) is 1. The number of carbonyl (C=O) groups excluding carboxylic acids is 1. The van der Waals surface area contributed by atoms with Crippen molar-refractivity contribution in [3.8, 4) is 5.75 Å². The Morgan fingerprint density at radius 3 is 2.83 bits per heavy atom. The average Bonchev–Trinajstić information content (AvgIpc) is 2.78. The molecule has 0 atom stereocenters. The fraction of sp³-hybridized carbons (Fsp3) is 0.0833. The number of benzene rings is 1. The molecule has 0 aliphatic carbocycles. The molecule has 0 saturated heterocycles. The lowest BCUT2D eigenvalue weighted by atomic mass is 10.2. The number of halogens is 1. The molecule has 1 amide bonds. The third-order valence-electron chi connectivity index (χ3n) is 2.32. The molecule has 0 saturated carbocycles. The largest absolute Gasteiger partial charge is 0.497 e. The van der Waals surface area contributed by atoms with Crippen LogP contribution < -0.4 is 15.8 Å². The van der Waals surface area contributed by atoms with Crippen molar-refractivity contribution < 1.29 is 13.9 Å². The number of amides is 1. The van der Waals surface area contributed by atoms with Crippen molar-refractivity contribution in [1.82, 2.24) is 0 Å². The minimum absolute atomic E-state index is 0.0622. The highest BCUT2D eigenvalue weighted by atomic mass is 32.1. The molecule has 0 spiro atoms. The first-order valence-electron chi connectivity index (χ1n) is 5.09. The number of nitrogen functional groups attached to an aromatic ring is 1. The number of hydrogen-bond donors (Lipinski definition) is 2. The van der Waals surface area contributed by atoms with E-state index in [1.807, 2.05) is 0 Å². The van der Waals surface area contributed by atoms with Crippen molar-refractivity contribution in [2.45, 2.75) is 0 Å². The van der Waals surface area contributed by atoms with Crippen LogP contribution in [0.1, 0.15) is 9.67 Å². The predicted molar refractivity (Wildman–Crippen MR) is 69.6 cm³/mol. The Labute approximate surface area is 107 Å². The van der Waals surface area contributed by atoms with E-state index in [4.69, 9.17) is 10.5 Å². The zero-order chi connectivity index (χ0) is 13.1. The molecule has 1 aromatic heterocycles. The van der Waals surface area contributed by atoms with Crippen molar-refractivity contribution in [3.63, 3.8) is 0 Å². The van der Waals surface area contributed by atoms with Gasteiger partial charge in [0.15, 0.2) is 0 Å². The highest BCUT2D eigenvalue weighted by Crippen LogP contribution is 2.24. The van der Waals surface area contributed by atoms with Crippen LogP contribution in [0.4, 0.5) is 15.8 Å². The number of hydrogen-bond acceptors (Lipinski definition) is 4. The molecule has 0 aliphatic heterocycles. The SMILES string of the molecule is COc1ccc(F)c(NC(=O)c2sccc2N)c1. The van der Waals surface area contributed by atoms with Crippen molar-refractivity contribution in [2.24, 2.45) is 0 Å². The second-order valence-corrected chi connectivity index (χ2v) is 4.42. The van der Waals surface area contributed by atoms with Gasteiger partial charge >= 0.3 is 0 Å². The van der Waals surface area contributed by atoms with Gasteiger partial charge in [0.05, 0.1) is 18.5 Å². The lowest BCUT2D eigenvalue weighted by Gasteiger charge is -2.07. The molecule has 18 heavy (non-hydrogen) atoms. The number of anilines is 2. The number of rotatable bonds is 3. The summed E-state index contributed by atoms with van der Waals surface area (Å²) in [6, 6.07) is 5.75. The van der Waals surface area contributed by atoms with Gasteiger partial charge in [-0.15, -0.1) is 11.3 Å². The molecular formula is C12H11FN2O2S. The van der Waals surface area contributed by atoms with Gasteiger partial charge in [0.2, 0.25) is 0 Å². The van der Waals surface area contributed by atoms with Crippen LogP contribution in [0.3, 0.4) is 0 Å². The highest BCUT2D eigenvalue weighted by Gasteiger charge is 2.13. The molecule has 2 rings (SSSR count). The molecular weight excluding hydrogens is 255 g/mol. The maximum Gasteiger partial charge on any atom is 0.267 e. The van der Waals surface area contributed by atoms with E-state index < -0.39 is 11.7 Å². The second kappa shape index (κ2) is 5.05. The van der Waals surface area contributed by atoms with Gasteiger partial charge in [-0.3, -0.25) is 4.79 Å². The Balaban J connectivity index is 2.24. The summed E-state index contributed by atoms with van der Waals surface area (Å²) in [6.07, 6.45) is 0. The fourth-order valence-electron chi connectivity index (χ4n) is 1.41. The van der Waals surface area contributed by atoms with Crippen LogP contribution in [-0.2, 0) is 0 Å². The topological polar surface area (TPSA) is 64.3 Å². The molecule has 0 radical (unpaired) electrons. The molecule has 0 unspecified atom stereocenters. The Morgan fingerprint density at radius 1 is 1.44 bits per heavy atom. The summed E-state index contributed by atoms with van der Waals surface area (Å²) in [4.78, 5) is 12.2. The number of nitrogens with one attached hydrogen (secondary N) is 1. The molecule has 2 aromatic rings. The molecule has 0 aliphatic rings. The average molecular weight is 266 g/mol. The lowest BCUT2D eigenvalue weighted by molar-refractivity contribution is 0.103. The standard InChI is InChI=1S/C12H11FN2O2S/c1-17-7-2-3-8(13)10(6-7)15-12(16)11-9(14)4-5-18-11/h2-6H,14H2,1H3,(H,15,16). The highest BCUT2D eigenvalue weighted by molar-refractivity contribution is 7.12. The maximum atomic E-state index is 13.5. The van der Waals surface area contributed by atoms with Crippen LogP contribution in [0.25, 0.3) is 0 Å². The third-order valence-corrected chi connectivity index (χ3v) is 3.25. The lowest BCUT2D eigenvalue weighted by Crippen LogP contribution is -2.13. The van der Waals surface area contributed by atoms with Gasteiger partial charge in [0, 0.05) is 6.07 Å².